The highest BCUT2D eigenvalue weighted by Crippen LogP contribution is 2.17. The second-order valence-corrected chi connectivity index (χ2v) is 3.75. The van der Waals surface area contributed by atoms with Gasteiger partial charge in [-0.25, -0.2) is 0 Å². The van der Waals surface area contributed by atoms with Gasteiger partial charge in [-0.2, -0.15) is 0 Å². The zero-order valence-electron chi connectivity index (χ0n) is 8.45. The van der Waals surface area contributed by atoms with Crippen LogP contribution < -0.4 is 10.6 Å². The molecule has 2 atom stereocenters. The van der Waals surface area contributed by atoms with Gasteiger partial charge in [0.2, 0.25) is 5.91 Å². The van der Waals surface area contributed by atoms with Crippen molar-refractivity contribution >= 4 is 5.91 Å². The van der Waals surface area contributed by atoms with Crippen LogP contribution in [0, 0.1) is 0 Å². The fraction of sp³-hybridized carbons (Fsp3) is 0.889. The van der Waals surface area contributed by atoms with Crippen molar-refractivity contribution < 1.29 is 9.53 Å². The van der Waals surface area contributed by atoms with Crippen molar-refractivity contribution in [3.05, 3.63) is 0 Å². The Balaban J connectivity index is 1.99. The number of rotatable bonds is 2. The van der Waals surface area contributed by atoms with Crippen molar-refractivity contribution in [3.8, 4) is 0 Å². The van der Waals surface area contributed by atoms with Crippen LogP contribution in [0.15, 0.2) is 0 Å². The van der Waals surface area contributed by atoms with E-state index in [1.807, 2.05) is 4.90 Å². The summed E-state index contributed by atoms with van der Waals surface area (Å²) in [5, 5.41) is 6.14. The molecule has 14 heavy (non-hydrogen) atoms. The molecule has 1 amide bonds. The minimum Gasteiger partial charge on any atom is -0.373 e. The quantitative estimate of drug-likeness (QED) is 0.563. The van der Waals surface area contributed by atoms with E-state index >= 15 is 0 Å². The monoisotopic (exact) mass is 199 g/mol. The Morgan fingerprint density at radius 3 is 3.29 bits per heavy atom. The number of ether oxygens (including phenoxy) is 1. The van der Waals surface area contributed by atoms with E-state index in [4.69, 9.17) is 4.74 Å². The van der Waals surface area contributed by atoms with Crippen molar-refractivity contribution in [2.24, 2.45) is 0 Å². The van der Waals surface area contributed by atoms with E-state index in [0.29, 0.717) is 13.2 Å². The van der Waals surface area contributed by atoms with Crippen LogP contribution in [0.5, 0.6) is 0 Å². The summed E-state index contributed by atoms with van der Waals surface area (Å²) in [5.74, 6) is 0.175. The maximum absolute atomic E-state index is 11.7. The summed E-state index contributed by atoms with van der Waals surface area (Å²) in [6, 6.07) is 0.240. The molecule has 0 radical (unpaired) electrons. The van der Waals surface area contributed by atoms with E-state index in [0.717, 1.165) is 19.6 Å². The van der Waals surface area contributed by atoms with Crippen molar-refractivity contribution in [1.29, 1.82) is 0 Å². The number of hydrogen-bond donors (Lipinski definition) is 2. The van der Waals surface area contributed by atoms with Gasteiger partial charge in [0.1, 0.15) is 0 Å². The normalized spacial score (nSPS) is 31.6. The second-order valence-electron chi connectivity index (χ2n) is 3.75. The summed E-state index contributed by atoms with van der Waals surface area (Å²) in [5.41, 5.74) is 0. The fourth-order valence-electron chi connectivity index (χ4n) is 2.15. The molecule has 0 unspecified atom stereocenters. The Hall–Kier alpha value is -0.650. The molecule has 2 saturated heterocycles. The SMILES string of the molecule is CNCC(=O)N1CCO[C@H]2CNC[C@H]21. The molecular formula is C9H17N3O2. The number of nitrogens with zero attached hydrogens (tertiary/aromatic N) is 1. The van der Waals surface area contributed by atoms with Gasteiger partial charge in [-0.15, -0.1) is 0 Å². The maximum atomic E-state index is 11.7. The third-order valence-corrected chi connectivity index (χ3v) is 2.84. The number of carbonyl (C=O) groups is 1. The van der Waals surface area contributed by atoms with Crippen LogP contribution in [-0.2, 0) is 9.53 Å². The smallest absolute Gasteiger partial charge is 0.236 e. The molecule has 0 saturated carbocycles. The number of fused-ring (bicyclic) bond motifs is 1. The highest BCUT2D eigenvalue weighted by Gasteiger charge is 2.37. The van der Waals surface area contributed by atoms with E-state index in [-0.39, 0.29) is 18.1 Å². The number of morpholine rings is 1. The van der Waals surface area contributed by atoms with Gasteiger partial charge in [0.15, 0.2) is 0 Å². The Morgan fingerprint density at radius 2 is 2.50 bits per heavy atom. The van der Waals surface area contributed by atoms with E-state index < -0.39 is 0 Å². The van der Waals surface area contributed by atoms with Crippen molar-refractivity contribution in [2.45, 2.75) is 12.1 Å². The number of amides is 1. The molecule has 2 N–H and O–H groups in total. The Labute approximate surface area is 83.8 Å². The lowest BCUT2D eigenvalue weighted by atomic mass is 10.1. The molecule has 0 bridgehead atoms. The zero-order valence-corrected chi connectivity index (χ0v) is 8.45. The molecule has 0 spiro atoms. The average Bonchev–Trinajstić information content (AvgIpc) is 2.65. The van der Waals surface area contributed by atoms with Crippen molar-refractivity contribution in [2.75, 3.05) is 39.8 Å². The Kier molecular flexibility index (Phi) is 3.00. The molecule has 2 aliphatic heterocycles. The summed E-state index contributed by atoms with van der Waals surface area (Å²) < 4.78 is 5.58. The third-order valence-electron chi connectivity index (χ3n) is 2.84. The van der Waals surface area contributed by atoms with Crippen LogP contribution in [0.2, 0.25) is 0 Å². The topological polar surface area (TPSA) is 53.6 Å². The molecule has 0 aromatic rings. The second kappa shape index (κ2) is 4.25. The van der Waals surface area contributed by atoms with Crippen LogP contribution in [0.1, 0.15) is 0 Å². The summed E-state index contributed by atoms with van der Waals surface area (Å²) in [7, 11) is 1.79. The number of hydrogen-bond acceptors (Lipinski definition) is 4. The van der Waals surface area contributed by atoms with Crippen LogP contribution in [0.4, 0.5) is 0 Å². The van der Waals surface area contributed by atoms with Crippen molar-refractivity contribution in [1.82, 2.24) is 15.5 Å². The first-order valence-corrected chi connectivity index (χ1v) is 5.09. The van der Waals surface area contributed by atoms with Gasteiger partial charge in [-0.3, -0.25) is 4.79 Å². The summed E-state index contributed by atoms with van der Waals surface area (Å²) in [4.78, 5) is 13.7. The Bertz CT molecular complexity index is 222. The molecule has 5 nitrogen and oxygen atoms in total. The van der Waals surface area contributed by atoms with E-state index in [9.17, 15) is 4.79 Å². The van der Waals surface area contributed by atoms with Crippen LogP contribution >= 0.6 is 0 Å². The predicted molar refractivity (Wildman–Crippen MR) is 52.0 cm³/mol. The molecule has 2 aliphatic rings. The highest BCUT2D eigenvalue weighted by atomic mass is 16.5. The molecule has 80 valence electrons. The summed E-state index contributed by atoms with van der Waals surface area (Å²) in [6.45, 7) is 3.54. The van der Waals surface area contributed by atoms with Crippen LogP contribution in [0.3, 0.4) is 0 Å². The van der Waals surface area contributed by atoms with Gasteiger partial charge in [0.05, 0.1) is 25.3 Å². The highest BCUT2D eigenvalue weighted by molar-refractivity contribution is 5.78. The van der Waals surface area contributed by atoms with Gasteiger partial charge >= 0.3 is 0 Å². The number of likely N-dealkylation sites (N-methyl/N-ethyl adjacent to an activating group) is 1. The van der Waals surface area contributed by atoms with Crippen LogP contribution in [-0.4, -0.2) is 62.8 Å². The molecule has 2 heterocycles. The van der Waals surface area contributed by atoms with Gasteiger partial charge in [0.25, 0.3) is 0 Å². The predicted octanol–water partition coefficient (Wildman–Crippen LogP) is -1.59. The molecule has 2 fully saturated rings. The molecule has 0 aromatic heterocycles. The lowest BCUT2D eigenvalue weighted by molar-refractivity contribution is -0.141. The third kappa shape index (κ3) is 1.75. The number of carbonyl (C=O) groups excluding carboxylic acids is 1. The Morgan fingerprint density at radius 1 is 1.64 bits per heavy atom. The van der Waals surface area contributed by atoms with E-state index in [1.54, 1.807) is 7.05 Å². The van der Waals surface area contributed by atoms with Gasteiger partial charge in [0, 0.05) is 19.6 Å². The van der Waals surface area contributed by atoms with Gasteiger partial charge < -0.3 is 20.3 Å². The first-order valence-electron chi connectivity index (χ1n) is 5.09. The minimum atomic E-state index is 0.175. The summed E-state index contributed by atoms with van der Waals surface area (Å²) >= 11 is 0. The lowest BCUT2D eigenvalue weighted by Crippen LogP contribution is -2.54. The molecule has 5 heteroatoms. The first-order chi connectivity index (χ1) is 6.83. The van der Waals surface area contributed by atoms with Gasteiger partial charge in [-0.05, 0) is 7.05 Å². The molecular weight excluding hydrogens is 182 g/mol. The molecule has 0 aromatic carbocycles. The lowest BCUT2D eigenvalue weighted by Gasteiger charge is -2.36. The van der Waals surface area contributed by atoms with E-state index in [2.05, 4.69) is 10.6 Å². The van der Waals surface area contributed by atoms with Crippen molar-refractivity contribution in [3.63, 3.8) is 0 Å². The molecule has 0 aliphatic carbocycles. The van der Waals surface area contributed by atoms with E-state index in [1.165, 1.54) is 0 Å². The minimum absolute atomic E-state index is 0.175. The zero-order chi connectivity index (χ0) is 9.97. The standard InChI is InChI=1S/C9H17N3O2/c1-10-6-9(13)12-2-3-14-8-5-11-4-7(8)12/h7-8,10-11H,2-6H2,1H3/t7-,8+/m1/s1. The van der Waals surface area contributed by atoms with Gasteiger partial charge in [-0.1, -0.05) is 0 Å². The maximum Gasteiger partial charge on any atom is 0.236 e. The number of nitrogens with one attached hydrogen (secondary N) is 2. The fourth-order valence-corrected chi connectivity index (χ4v) is 2.15. The average molecular weight is 199 g/mol. The first kappa shape index (κ1) is 9.89. The summed E-state index contributed by atoms with van der Waals surface area (Å²) in [6.07, 6.45) is 0.199. The largest absolute Gasteiger partial charge is 0.373 e. The molecule has 2 rings (SSSR count). The van der Waals surface area contributed by atoms with Crippen LogP contribution in [0.25, 0.3) is 0 Å².